The molecule has 1 fully saturated rings. The second-order valence-corrected chi connectivity index (χ2v) is 4.95. The van der Waals surface area contributed by atoms with Gasteiger partial charge in [0.05, 0.1) is 11.0 Å². The highest BCUT2D eigenvalue weighted by Gasteiger charge is 2.24. The van der Waals surface area contributed by atoms with E-state index >= 15 is 0 Å². The van der Waals surface area contributed by atoms with Crippen LogP contribution in [0.25, 0.3) is 0 Å². The van der Waals surface area contributed by atoms with Crippen molar-refractivity contribution in [1.29, 1.82) is 0 Å². The second kappa shape index (κ2) is 5.73. The third-order valence-corrected chi connectivity index (χ3v) is 4.17. The predicted octanol–water partition coefficient (Wildman–Crippen LogP) is 0.744. The van der Waals surface area contributed by atoms with Crippen molar-refractivity contribution < 1.29 is 4.21 Å². The smallest absolute Gasteiger partial charge is 0.0945 e. The van der Waals surface area contributed by atoms with E-state index in [-0.39, 0.29) is 0 Å². The van der Waals surface area contributed by atoms with Gasteiger partial charge >= 0.3 is 0 Å². The van der Waals surface area contributed by atoms with E-state index in [0.29, 0.717) is 6.04 Å². The molecule has 0 aromatic rings. The van der Waals surface area contributed by atoms with Crippen LogP contribution in [0, 0.1) is 0 Å². The summed E-state index contributed by atoms with van der Waals surface area (Å²) >= 11 is 0. The van der Waals surface area contributed by atoms with Gasteiger partial charge in [-0.25, -0.2) is 8.51 Å². The van der Waals surface area contributed by atoms with Gasteiger partial charge in [0.15, 0.2) is 0 Å². The molecule has 0 amide bonds. The molecule has 2 atom stereocenters. The van der Waals surface area contributed by atoms with Crippen LogP contribution in [0.15, 0.2) is 0 Å². The average molecular weight is 204 g/mol. The molecule has 2 unspecified atom stereocenters. The summed E-state index contributed by atoms with van der Waals surface area (Å²) in [6, 6.07) is 0.473. The molecule has 0 aliphatic carbocycles. The molecule has 0 aromatic carbocycles. The Labute approximate surface area is 83.5 Å². The first-order valence-electron chi connectivity index (χ1n) is 5.15. The van der Waals surface area contributed by atoms with Crippen LogP contribution in [-0.2, 0) is 11.0 Å². The number of nitrogens with zero attached hydrogens (tertiary/aromatic N) is 1. The van der Waals surface area contributed by atoms with Crippen molar-refractivity contribution in [2.75, 3.05) is 25.4 Å². The molecule has 0 bridgehead atoms. The van der Waals surface area contributed by atoms with Gasteiger partial charge in [0.25, 0.3) is 0 Å². The largest absolute Gasteiger partial charge is 0.314 e. The Morgan fingerprint density at radius 3 is 2.92 bits per heavy atom. The lowest BCUT2D eigenvalue weighted by atomic mass is 10.2. The maximum atomic E-state index is 11.8. The van der Waals surface area contributed by atoms with Gasteiger partial charge < -0.3 is 5.32 Å². The van der Waals surface area contributed by atoms with Crippen LogP contribution in [0.3, 0.4) is 0 Å². The Bertz CT molecular complexity index is 175. The summed E-state index contributed by atoms with van der Waals surface area (Å²) in [5.74, 6) is 0.816. The molecule has 1 aliphatic heterocycles. The zero-order chi connectivity index (χ0) is 9.68. The molecule has 0 spiro atoms. The normalized spacial score (nSPS) is 27.4. The molecule has 1 aliphatic rings. The summed E-state index contributed by atoms with van der Waals surface area (Å²) in [6.45, 7) is 7.15. The molecular weight excluding hydrogens is 184 g/mol. The fraction of sp³-hybridized carbons (Fsp3) is 1.00. The maximum absolute atomic E-state index is 11.8. The molecule has 1 saturated heterocycles. The Kier molecular flexibility index (Phi) is 4.91. The van der Waals surface area contributed by atoms with Gasteiger partial charge in [0, 0.05) is 31.4 Å². The second-order valence-electron chi connectivity index (χ2n) is 3.43. The first-order valence-corrected chi connectivity index (χ1v) is 6.43. The first-order chi connectivity index (χ1) is 6.29. The Hall–Kier alpha value is 0.0700. The van der Waals surface area contributed by atoms with E-state index in [0.717, 1.165) is 38.2 Å². The van der Waals surface area contributed by atoms with E-state index in [1.54, 1.807) is 0 Å². The van der Waals surface area contributed by atoms with E-state index in [4.69, 9.17) is 0 Å². The summed E-state index contributed by atoms with van der Waals surface area (Å²) in [7, 11) is -0.743. The van der Waals surface area contributed by atoms with E-state index in [9.17, 15) is 4.21 Å². The van der Waals surface area contributed by atoms with Gasteiger partial charge in [0.2, 0.25) is 0 Å². The summed E-state index contributed by atoms with van der Waals surface area (Å²) in [4.78, 5) is 0. The van der Waals surface area contributed by atoms with Gasteiger partial charge in [-0.05, 0) is 12.8 Å². The summed E-state index contributed by atoms with van der Waals surface area (Å²) in [6.07, 6.45) is 2.09. The summed E-state index contributed by atoms with van der Waals surface area (Å²) in [5, 5.41) is 3.34. The fourth-order valence-electron chi connectivity index (χ4n) is 1.65. The van der Waals surface area contributed by atoms with Crippen LogP contribution in [0.5, 0.6) is 0 Å². The van der Waals surface area contributed by atoms with E-state index in [1.807, 2.05) is 0 Å². The number of nitrogens with one attached hydrogen (secondary N) is 1. The topological polar surface area (TPSA) is 32.3 Å². The molecule has 13 heavy (non-hydrogen) atoms. The quantitative estimate of drug-likeness (QED) is 0.733. The highest BCUT2D eigenvalue weighted by Crippen LogP contribution is 2.10. The lowest BCUT2D eigenvalue weighted by molar-refractivity contribution is 0.274. The van der Waals surface area contributed by atoms with E-state index in [1.165, 1.54) is 0 Å². The molecule has 3 nitrogen and oxygen atoms in total. The van der Waals surface area contributed by atoms with Crippen molar-refractivity contribution in [2.24, 2.45) is 0 Å². The highest BCUT2D eigenvalue weighted by atomic mass is 32.2. The molecule has 0 saturated carbocycles. The zero-order valence-corrected chi connectivity index (χ0v) is 9.40. The average Bonchev–Trinajstić information content (AvgIpc) is 2.18. The summed E-state index contributed by atoms with van der Waals surface area (Å²) < 4.78 is 13.9. The van der Waals surface area contributed by atoms with Crippen molar-refractivity contribution in [3.05, 3.63) is 0 Å². The summed E-state index contributed by atoms with van der Waals surface area (Å²) in [5.41, 5.74) is 0. The van der Waals surface area contributed by atoms with Gasteiger partial charge in [-0.1, -0.05) is 13.8 Å². The lowest BCUT2D eigenvalue weighted by Crippen LogP contribution is -2.51. The van der Waals surface area contributed by atoms with Crippen molar-refractivity contribution in [3.8, 4) is 0 Å². The minimum absolute atomic E-state index is 0.473. The molecule has 1 N–H and O–H groups in total. The third kappa shape index (κ3) is 3.04. The van der Waals surface area contributed by atoms with Gasteiger partial charge in [0.1, 0.15) is 0 Å². The molecule has 0 radical (unpaired) electrons. The lowest BCUT2D eigenvalue weighted by Gasteiger charge is -2.34. The minimum atomic E-state index is -0.743. The Balaban J connectivity index is 2.48. The minimum Gasteiger partial charge on any atom is -0.314 e. The van der Waals surface area contributed by atoms with Gasteiger partial charge in [-0.3, -0.25) is 0 Å². The molecule has 4 heteroatoms. The molecule has 1 rings (SSSR count). The SMILES string of the molecule is CCCS(=O)N1CCNCC1CC. The molecule has 1 heterocycles. The van der Waals surface area contributed by atoms with Crippen LogP contribution >= 0.6 is 0 Å². The molecule has 78 valence electrons. The highest BCUT2D eigenvalue weighted by molar-refractivity contribution is 7.82. The maximum Gasteiger partial charge on any atom is 0.0945 e. The number of rotatable bonds is 4. The van der Waals surface area contributed by atoms with Crippen molar-refractivity contribution in [1.82, 2.24) is 9.62 Å². The van der Waals surface area contributed by atoms with Crippen LogP contribution in [0.1, 0.15) is 26.7 Å². The Morgan fingerprint density at radius 1 is 1.54 bits per heavy atom. The monoisotopic (exact) mass is 204 g/mol. The number of hydrogen-bond donors (Lipinski definition) is 1. The van der Waals surface area contributed by atoms with Crippen LogP contribution in [-0.4, -0.2) is 39.9 Å². The van der Waals surface area contributed by atoms with E-state index in [2.05, 4.69) is 23.5 Å². The van der Waals surface area contributed by atoms with Gasteiger partial charge in [-0.2, -0.15) is 0 Å². The van der Waals surface area contributed by atoms with Crippen molar-refractivity contribution in [2.45, 2.75) is 32.7 Å². The first kappa shape index (κ1) is 11.1. The van der Waals surface area contributed by atoms with Crippen molar-refractivity contribution in [3.63, 3.8) is 0 Å². The van der Waals surface area contributed by atoms with Crippen LogP contribution in [0.4, 0.5) is 0 Å². The predicted molar refractivity (Wildman–Crippen MR) is 57.0 cm³/mol. The standard InChI is InChI=1S/C9H20N2OS/c1-3-7-13(12)11-6-5-10-8-9(11)4-2/h9-10H,3-8H2,1-2H3. The van der Waals surface area contributed by atoms with E-state index < -0.39 is 11.0 Å². The van der Waals surface area contributed by atoms with Gasteiger partial charge in [-0.15, -0.1) is 0 Å². The van der Waals surface area contributed by atoms with Crippen LogP contribution < -0.4 is 5.32 Å². The fourth-order valence-corrected chi connectivity index (χ4v) is 3.09. The zero-order valence-electron chi connectivity index (χ0n) is 8.58. The molecule has 0 aromatic heterocycles. The number of piperazine rings is 1. The Morgan fingerprint density at radius 2 is 2.31 bits per heavy atom. The number of hydrogen-bond acceptors (Lipinski definition) is 2. The van der Waals surface area contributed by atoms with Crippen molar-refractivity contribution >= 4 is 11.0 Å². The third-order valence-electron chi connectivity index (χ3n) is 2.41. The van der Waals surface area contributed by atoms with Crippen LogP contribution in [0.2, 0.25) is 0 Å². The molecular formula is C9H20N2OS.